The van der Waals surface area contributed by atoms with E-state index in [0.717, 1.165) is 69.0 Å². The van der Waals surface area contributed by atoms with Crippen LogP contribution in [0.5, 0.6) is 0 Å². The molecule has 0 spiro atoms. The summed E-state index contributed by atoms with van der Waals surface area (Å²) in [5.41, 5.74) is 5.00. The van der Waals surface area contributed by atoms with E-state index in [0.29, 0.717) is 5.92 Å². The van der Waals surface area contributed by atoms with Gasteiger partial charge in [-0.2, -0.15) is 0 Å². The molecule has 1 amide bonds. The molecule has 36 heavy (non-hydrogen) atoms. The Kier molecular flexibility index (Phi) is 8.36. The molecule has 0 aliphatic carbocycles. The van der Waals surface area contributed by atoms with Crippen LogP contribution in [-0.2, 0) is 11.3 Å². The zero-order valence-electron chi connectivity index (χ0n) is 21.1. The van der Waals surface area contributed by atoms with Crippen LogP contribution in [0.2, 0.25) is 0 Å². The Hall–Kier alpha value is -2.67. The van der Waals surface area contributed by atoms with Crippen LogP contribution in [0, 0.1) is 6.92 Å². The number of nitrogens with one attached hydrogen (secondary N) is 2. The van der Waals surface area contributed by atoms with Gasteiger partial charge in [-0.15, -0.1) is 0 Å². The third-order valence-corrected chi connectivity index (χ3v) is 8.35. The van der Waals surface area contributed by atoms with Gasteiger partial charge in [0.2, 0.25) is 5.91 Å². The van der Waals surface area contributed by atoms with Crippen LogP contribution < -0.4 is 10.6 Å². The highest BCUT2D eigenvalue weighted by Crippen LogP contribution is 2.33. The number of hydrogen-bond acceptors (Lipinski definition) is 5. The number of likely N-dealkylation sites (tertiary alicyclic amines) is 1. The summed E-state index contributed by atoms with van der Waals surface area (Å²) in [6.07, 6.45) is 7.34. The molecular formula is C30H36N4OS. The van der Waals surface area contributed by atoms with Crippen LogP contribution >= 0.6 is 11.8 Å². The van der Waals surface area contributed by atoms with E-state index in [-0.39, 0.29) is 11.9 Å². The second-order valence-corrected chi connectivity index (χ2v) is 11.1. The monoisotopic (exact) mass is 500 g/mol. The normalized spacial score (nSPS) is 19.2. The van der Waals surface area contributed by atoms with Gasteiger partial charge >= 0.3 is 0 Å². The van der Waals surface area contributed by atoms with E-state index in [9.17, 15) is 4.79 Å². The number of anilines is 1. The molecule has 0 bridgehead atoms. The van der Waals surface area contributed by atoms with Gasteiger partial charge in [0.25, 0.3) is 0 Å². The van der Waals surface area contributed by atoms with Crippen molar-refractivity contribution in [3.8, 4) is 0 Å². The minimum Gasteiger partial charge on any atom is -0.325 e. The van der Waals surface area contributed by atoms with Crippen LogP contribution in [0.1, 0.15) is 54.7 Å². The van der Waals surface area contributed by atoms with Crippen LogP contribution in [0.4, 0.5) is 5.69 Å². The van der Waals surface area contributed by atoms with E-state index < -0.39 is 0 Å². The van der Waals surface area contributed by atoms with Gasteiger partial charge in [0.1, 0.15) is 5.03 Å². The second-order valence-electron chi connectivity index (χ2n) is 10.0. The molecule has 2 fully saturated rings. The average molecular weight is 501 g/mol. The van der Waals surface area contributed by atoms with Crippen molar-refractivity contribution >= 4 is 23.4 Å². The van der Waals surface area contributed by atoms with Crippen molar-refractivity contribution < 1.29 is 4.79 Å². The maximum Gasteiger partial charge on any atom is 0.241 e. The van der Waals surface area contributed by atoms with E-state index in [1.807, 2.05) is 30.5 Å². The highest BCUT2D eigenvalue weighted by atomic mass is 32.2. The molecule has 6 heteroatoms. The quantitative estimate of drug-likeness (QED) is 0.417. The number of aryl methyl sites for hydroxylation is 1. The summed E-state index contributed by atoms with van der Waals surface area (Å²) in [6.45, 7) is 6.31. The summed E-state index contributed by atoms with van der Waals surface area (Å²) in [4.78, 5) is 20.9. The summed E-state index contributed by atoms with van der Waals surface area (Å²) in [5.74, 6) is 0.645. The van der Waals surface area contributed by atoms with Crippen molar-refractivity contribution in [2.24, 2.45) is 0 Å². The zero-order valence-corrected chi connectivity index (χ0v) is 21.9. The molecular weight excluding hydrogens is 464 g/mol. The minimum atomic E-state index is -0.0607. The Morgan fingerprint density at radius 3 is 2.61 bits per heavy atom. The first kappa shape index (κ1) is 25.0. The number of amides is 1. The predicted molar refractivity (Wildman–Crippen MR) is 148 cm³/mol. The third kappa shape index (κ3) is 6.55. The molecule has 2 saturated heterocycles. The van der Waals surface area contributed by atoms with Crippen LogP contribution in [0.25, 0.3) is 0 Å². The first-order chi connectivity index (χ1) is 17.6. The Morgan fingerprint density at radius 1 is 1.06 bits per heavy atom. The molecule has 3 aromatic rings. The lowest BCUT2D eigenvalue weighted by Crippen LogP contribution is -2.43. The number of benzene rings is 2. The molecule has 2 N–H and O–H groups in total. The smallest absolute Gasteiger partial charge is 0.241 e. The van der Waals surface area contributed by atoms with Gasteiger partial charge in [0.15, 0.2) is 0 Å². The standard InChI is InChI=1S/C30H36N4OS/c1-22-8-11-25(33-30(35)28-6-2-4-16-31-28)20-27(22)24-14-18-34(19-15-24)21-23-9-12-26(13-10-23)36-29-7-3-5-17-32-29/h3,5,7-13,17,20,24,28,31H,2,4,6,14-16,18-19,21H2,1H3,(H,33,35)/t28-/m0/s1. The number of piperidine rings is 2. The summed E-state index contributed by atoms with van der Waals surface area (Å²) in [6, 6.07) is 21.3. The Labute approximate surface area is 219 Å². The molecule has 5 rings (SSSR count). The van der Waals surface area contributed by atoms with E-state index in [1.54, 1.807) is 11.8 Å². The lowest BCUT2D eigenvalue weighted by Gasteiger charge is -2.33. The Morgan fingerprint density at radius 2 is 1.89 bits per heavy atom. The SMILES string of the molecule is Cc1ccc(NC(=O)[C@@H]2CCCCN2)cc1C1CCN(Cc2ccc(Sc3ccccn3)cc2)CC1. The van der Waals surface area contributed by atoms with Crippen molar-refractivity contribution in [1.82, 2.24) is 15.2 Å². The maximum atomic E-state index is 12.7. The summed E-state index contributed by atoms with van der Waals surface area (Å²) < 4.78 is 0. The molecule has 1 atom stereocenters. The number of carbonyl (C=O) groups excluding carboxylic acids is 1. The number of nitrogens with zero attached hydrogens (tertiary/aromatic N) is 2. The van der Waals surface area contributed by atoms with Gasteiger partial charge in [-0.05, 0) is 111 Å². The number of carbonyl (C=O) groups is 1. The first-order valence-electron chi connectivity index (χ1n) is 13.2. The van der Waals surface area contributed by atoms with Crippen molar-refractivity contribution in [2.45, 2.75) is 67.5 Å². The first-order valence-corrected chi connectivity index (χ1v) is 14.0. The van der Waals surface area contributed by atoms with Crippen molar-refractivity contribution in [3.63, 3.8) is 0 Å². The molecule has 2 aromatic carbocycles. The summed E-state index contributed by atoms with van der Waals surface area (Å²) >= 11 is 1.70. The summed E-state index contributed by atoms with van der Waals surface area (Å²) in [5, 5.41) is 7.53. The fourth-order valence-electron chi connectivity index (χ4n) is 5.31. The molecule has 5 nitrogen and oxygen atoms in total. The highest BCUT2D eigenvalue weighted by molar-refractivity contribution is 7.99. The van der Waals surface area contributed by atoms with Crippen LogP contribution in [0.3, 0.4) is 0 Å². The van der Waals surface area contributed by atoms with Gasteiger partial charge in [0.05, 0.1) is 6.04 Å². The maximum absolute atomic E-state index is 12.7. The zero-order chi connectivity index (χ0) is 24.7. The second kappa shape index (κ2) is 12.0. The summed E-state index contributed by atoms with van der Waals surface area (Å²) in [7, 11) is 0. The fraction of sp³-hybridized carbons (Fsp3) is 0.400. The van der Waals surface area contributed by atoms with E-state index >= 15 is 0 Å². The number of pyridine rings is 1. The molecule has 0 saturated carbocycles. The van der Waals surface area contributed by atoms with E-state index in [2.05, 4.69) is 63.8 Å². The van der Waals surface area contributed by atoms with Crippen LogP contribution in [0.15, 0.2) is 76.8 Å². The largest absolute Gasteiger partial charge is 0.325 e. The fourth-order valence-corrected chi connectivity index (χ4v) is 6.09. The van der Waals surface area contributed by atoms with Crippen LogP contribution in [-0.4, -0.2) is 41.5 Å². The predicted octanol–water partition coefficient (Wildman–Crippen LogP) is 6.00. The molecule has 0 radical (unpaired) electrons. The lowest BCUT2D eigenvalue weighted by molar-refractivity contribution is -0.118. The molecule has 2 aliphatic heterocycles. The molecule has 188 valence electrons. The van der Waals surface area contributed by atoms with E-state index in [4.69, 9.17) is 0 Å². The van der Waals surface area contributed by atoms with Gasteiger partial charge in [-0.3, -0.25) is 9.69 Å². The van der Waals surface area contributed by atoms with Gasteiger partial charge in [-0.1, -0.05) is 42.4 Å². The van der Waals surface area contributed by atoms with Crippen molar-refractivity contribution in [2.75, 3.05) is 25.0 Å². The topological polar surface area (TPSA) is 57.3 Å². The molecule has 1 aromatic heterocycles. The minimum absolute atomic E-state index is 0.0607. The van der Waals surface area contributed by atoms with Crippen molar-refractivity contribution in [3.05, 3.63) is 83.6 Å². The molecule has 2 aliphatic rings. The Bertz CT molecular complexity index is 1140. The third-order valence-electron chi connectivity index (χ3n) is 7.39. The molecule has 0 unspecified atom stereocenters. The highest BCUT2D eigenvalue weighted by Gasteiger charge is 2.24. The average Bonchev–Trinajstić information content (AvgIpc) is 2.92. The number of aromatic nitrogens is 1. The number of rotatable bonds is 7. The molecule has 3 heterocycles. The van der Waals surface area contributed by atoms with Crippen molar-refractivity contribution in [1.29, 1.82) is 0 Å². The van der Waals surface area contributed by atoms with Gasteiger partial charge in [-0.25, -0.2) is 4.98 Å². The van der Waals surface area contributed by atoms with E-state index in [1.165, 1.54) is 21.6 Å². The number of hydrogen-bond donors (Lipinski definition) is 2. The lowest BCUT2D eigenvalue weighted by atomic mass is 9.86. The Balaban J connectivity index is 1.14. The van der Waals surface area contributed by atoms with Gasteiger partial charge < -0.3 is 10.6 Å². The van der Waals surface area contributed by atoms with Gasteiger partial charge in [0, 0.05) is 23.3 Å².